The molecule has 3 aromatic rings. The summed E-state index contributed by atoms with van der Waals surface area (Å²) < 4.78 is 36.6. The van der Waals surface area contributed by atoms with Gasteiger partial charge in [-0.15, -0.1) is 16.2 Å². The quantitative estimate of drug-likeness (QED) is 0.466. The molecule has 0 unspecified atom stereocenters. The fourth-order valence-electron chi connectivity index (χ4n) is 2.46. The normalized spacial score (nSPS) is 12.5. The number of sulfonamides is 1. The smallest absolute Gasteiger partial charge is 0.325 e. The van der Waals surface area contributed by atoms with E-state index in [0.717, 1.165) is 20.7 Å². The molecule has 0 bridgehead atoms. The van der Waals surface area contributed by atoms with Crippen LogP contribution < -0.4 is 4.80 Å². The topological polar surface area (TPSA) is 77.7 Å². The van der Waals surface area contributed by atoms with Gasteiger partial charge in [-0.05, 0) is 43.5 Å². The number of rotatable bonds is 5. The maximum Gasteiger partial charge on any atom is 0.325 e. The summed E-state index contributed by atoms with van der Waals surface area (Å²) in [7, 11) is -2.61. The van der Waals surface area contributed by atoms with Gasteiger partial charge in [0.25, 0.3) is 10.0 Å². The van der Waals surface area contributed by atoms with Crippen molar-refractivity contribution in [2.75, 3.05) is 13.4 Å². The highest BCUT2D eigenvalue weighted by molar-refractivity contribution is 7.98. The molecule has 1 heterocycles. The Kier molecular flexibility index (Phi) is 5.73. The average Bonchev–Trinajstić information content (AvgIpc) is 2.97. The number of carbonyl (C=O) groups excluding carboxylic acids is 1. The number of aromatic nitrogens is 1. The van der Waals surface area contributed by atoms with Crippen LogP contribution in [0, 0.1) is 6.92 Å². The number of ether oxygens (including phenoxy) is 1. The van der Waals surface area contributed by atoms with Gasteiger partial charge in [0.15, 0.2) is 0 Å². The van der Waals surface area contributed by atoms with Crippen molar-refractivity contribution in [1.82, 2.24) is 4.57 Å². The largest absolute Gasteiger partial charge is 0.468 e. The minimum absolute atomic E-state index is 0.111. The first-order valence-electron chi connectivity index (χ1n) is 7.96. The molecule has 0 radical (unpaired) electrons. The summed E-state index contributed by atoms with van der Waals surface area (Å²) in [5.74, 6) is -0.474. The molecular weight excluding hydrogens is 404 g/mol. The van der Waals surface area contributed by atoms with Crippen molar-refractivity contribution in [3.05, 3.63) is 52.8 Å². The van der Waals surface area contributed by atoms with E-state index in [1.165, 1.54) is 30.6 Å². The Morgan fingerprint density at radius 3 is 2.56 bits per heavy atom. The Bertz CT molecular complexity index is 1160. The van der Waals surface area contributed by atoms with Crippen LogP contribution in [0.3, 0.4) is 0 Å². The number of hydrogen-bond donors (Lipinski definition) is 0. The summed E-state index contributed by atoms with van der Waals surface area (Å²) in [4.78, 5) is 13.2. The van der Waals surface area contributed by atoms with Crippen LogP contribution in [0.5, 0.6) is 0 Å². The Hall–Kier alpha value is -2.10. The molecule has 27 heavy (non-hydrogen) atoms. The van der Waals surface area contributed by atoms with Gasteiger partial charge < -0.3 is 9.30 Å². The highest BCUT2D eigenvalue weighted by Gasteiger charge is 2.16. The Balaban J connectivity index is 2.21. The van der Waals surface area contributed by atoms with E-state index in [1.807, 2.05) is 31.4 Å². The number of hydrogen-bond acceptors (Lipinski definition) is 6. The van der Waals surface area contributed by atoms with Gasteiger partial charge in [-0.3, -0.25) is 4.79 Å². The summed E-state index contributed by atoms with van der Waals surface area (Å²) in [5.41, 5.74) is 1.70. The molecule has 1 aromatic heterocycles. The van der Waals surface area contributed by atoms with E-state index in [1.54, 1.807) is 28.5 Å². The minimum Gasteiger partial charge on any atom is -0.468 e. The lowest BCUT2D eigenvalue weighted by Crippen LogP contribution is -2.22. The molecule has 0 fully saturated rings. The van der Waals surface area contributed by atoms with E-state index in [4.69, 9.17) is 4.74 Å². The molecule has 0 aliphatic rings. The van der Waals surface area contributed by atoms with Crippen LogP contribution in [0.2, 0.25) is 0 Å². The van der Waals surface area contributed by atoms with Crippen molar-refractivity contribution in [3.8, 4) is 0 Å². The first-order valence-corrected chi connectivity index (χ1v) is 11.4. The number of fused-ring (bicyclic) bond motifs is 1. The third-order valence-corrected chi connectivity index (χ3v) is 7.09. The zero-order valence-corrected chi connectivity index (χ0v) is 17.5. The molecule has 0 saturated heterocycles. The van der Waals surface area contributed by atoms with Crippen molar-refractivity contribution in [1.29, 1.82) is 0 Å². The second-order valence-electron chi connectivity index (χ2n) is 5.76. The maximum absolute atomic E-state index is 12.7. The number of carbonyl (C=O) groups is 1. The van der Waals surface area contributed by atoms with E-state index in [9.17, 15) is 13.2 Å². The third kappa shape index (κ3) is 4.26. The van der Waals surface area contributed by atoms with Crippen LogP contribution in [-0.4, -0.2) is 32.3 Å². The van der Waals surface area contributed by atoms with E-state index in [0.29, 0.717) is 0 Å². The number of benzene rings is 2. The molecule has 2 aromatic carbocycles. The van der Waals surface area contributed by atoms with E-state index in [2.05, 4.69) is 4.40 Å². The van der Waals surface area contributed by atoms with Crippen molar-refractivity contribution in [2.45, 2.75) is 23.3 Å². The molecule has 0 amide bonds. The van der Waals surface area contributed by atoms with Gasteiger partial charge in [0.2, 0.25) is 4.80 Å². The van der Waals surface area contributed by atoms with Gasteiger partial charge in [-0.25, -0.2) is 0 Å². The summed E-state index contributed by atoms with van der Waals surface area (Å²) >= 11 is 2.81. The predicted molar refractivity (Wildman–Crippen MR) is 108 cm³/mol. The number of thiazole rings is 1. The van der Waals surface area contributed by atoms with Crippen molar-refractivity contribution in [2.24, 2.45) is 4.40 Å². The second kappa shape index (κ2) is 7.87. The Morgan fingerprint density at radius 2 is 1.93 bits per heavy atom. The monoisotopic (exact) mass is 422 g/mol. The fourth-order valence-corrected chi connectivity index (χ4v) is 5.25. The van der Waals surface area contributed by atoms with Crippen LogP contribution in [0.4, 0.5) is 0 Å². The van der Waals surface area contributed by atoms with Crippen molar-refractivity contribution in [3.63, 3.8) is 0 Å². The third-order valence-electron chi connectivity index (χ3n) is 3.92. The van der Waals surface area contributed by atoms with Gasteiger partial charge in [-0.2, -0.15) is 8.42 Å². The summed E-state index contributed by atoms with van der Waals surface area (Å²) in [6.07, 6.45) is 1.96. The molecule has 6 nitrogen and oxygen atoms in total. The van der Waals surface area contributed by atoms with Crippen LogP contribution in [-0.2, 0) is 26.1 Å². The molecule has 0 saturated carbocycles. The Morgan fingerprint density at radius 1 is 1.22 bits per heavy atom. The predicted octanol–water partition coefficient (Wildman–Crippen LogP) is 3.20. The van der Waals surface area contributed by atoms with E-state index in [-0.39, 0.29) is 16.2 Å². The number of methoxy groups -OCH3 is 1. The van der Waals surface area contributed by atoms with Crippen LogP contribution in [0.15, 0.2) is 56.7 Å². The summed E-state index contributed by atoms with van der Waals surface area (Å²) in [6.45, 7) is 1.77. The number of esters is 1. The van der Waals surface area contributed by atoms with Crippen molar-refractivity contribution >= 4 is 49.3 Å². The van der Waals surface area contributed by atoms with Gasteiger partial charge in [0, 0.05) is 4.90 Å². The lowest BCUT2D eigenvalue weighted by molar-refractivity contribution is -0.141. The molecule has 3 rings (SSSR count). The zero-order chi connectivity index (χ0) is 19.6. The van der Waals surface area contributed by atoms with Gasteiger partial charge in [0.05, 0.1) is 22.2 Å². The zero-order valence-electron chi connectivity index (χ0n) is 15.0. The lowest BCUT2D eigenvalue weighted by atomic mass is 10.2. The SMILES string of the molecule is COC(=O)Cn1/c(=N/S(=O)(=O)c2ccc(C)cc2)sc2cc(SC)ccc21. The highest BCUT2D eigenvalue weighted by atomic mass is 32.2. The molecule has 9 heteroatoms. The molecule has 0 N–H and O–H groups in total. The Labute approximate surface area is 165 Å². The van der Waals surface area contributed by atoms with Crippen LogP contribution in [0.1, 0.15) is 5.56 Å². The average molecular weight is 423 g/mol. The maximum atomic E-state index is 12.7. The standard InChI is InChI=1S/C18H18N2O4S3/c1-12-4-7-14(8-5-12)27(22,23)19-18-20(11-17(21)24-2)15-9-6-13(25-3)10-16(15)26-18/h4-10H,11H2,1-3H3/b19-18-. The second-order valence-corrected chi connectivity index (χ2v) is 9.25. The molecule has 0 spiro atoms. The van der Waals surface area contributed by atoms with Crippen molar-refractivity contribution < 1.29 is 17.9 Å². The molecular formula is C18H18N2O4S3. The highest BCUT2D eigenvalue weighted by Crippen LogP contribution is 2.24. The van der Waals surface area contributed by atoms with E-state index < -0.39 is 16.0 Å². The molecule has 142 valence electrons. The molecule has 0 aliphatic carbocycles. The minimum atomic E-state index is -3.90. The van der Waals surface area contributed by atoms with Gasteiger partial charge in [-0.1, -0.05) is 29.0 Å². The fraction of sp³-hybridized carbons (Fsp3) is 0.222. The summed E-state index contributed by atoms with van der Waals surface area (Å²) in [6, 6.07) is 12.2. The number of nitrogens with zero attached hydrogens (tertiary/aromatic N) is 2. The van der Waals surface area contributed by atoms with Crippen LogP contribution in [0.25, 0.3) is 10.2 Å². The van der Waals surface area contributed by atoms with Crippen LogP contribution >= 0.6 is 23.1 Å². The first kappa shape index (κ1) is 19.7. The summed E-state index contributed by atoms with van der Waals surface area (Å²) in [5, 5.41) is 0. The van der Waals surface area contributed by atoms with Gasteiger partial charge in [0.1, 0.15) is 6.54 Å². The van der Waals surface area contributed by atoms with Gasteiger partial charge >= 0.3 is 5.97 Å². The molecule has 0 atom stereocenters. The number of thioether (sulfide) groups is 1. The lowest BCUT2D eigenvalue weighted by Gasteiger charge is -2.04. The first-order chi connectivity index (χ1) is 12.8. The van der Waals surface area contributed by atoms with E-state index >= 15 is 0 Å². The molecule has 0 aliphatic heterocycles. The number of aryl methyl sites for hydroxylation is 1.